The number of rotatable bonds is 6. The lowest BCUT2D eigenvalue weighted by Crippen LogP contribution is -2.36. The lowest BCUT2D eigenvalue weighted by molar-refractivity contribution is 0.115. The molecule has 160 valence electrons. The van der Waals surface area contributed by atoms with E-state index in [9.17, 15) is 0 Å². The van der Waals surface area contributed by atoms with Crippen molar-refractivity contribution in [3.8, 4) is 0 Å². The number of hydrogen-bond donors (Lipinski definition) is 1. The summed E-state index contributed by atoms with van der Waals surface area (Å²) in [5.74, 6) is 0. The number of nitrogens with one attached hydrogen (secondary N) is 1. The molecule has 0 saturated carbocycles. The van der Waals surface area contributed by atoms with Crippen molar-refractivity contribution in [1.29, 1.82) is 0 Å². The number of nitrogens with zero attached hydrogens (tertiary/aromatic N) is 1. The molecule has 5 heteroatoms. The second kappa shape index (κ2) is 11.4. The van der Waals surface area contributed by atoms with Gasteiger partial charge < -0.3 is 10.2 Å². The van der Waals surface area contributed by atoms with E-state index in [1.807, 2.05) is 24.3 Å². The highest BCUT2D eigenvalue weighted by Crippen LogP contribution is 2.37. The Morgan fingerprint density at radius 3 is 1.80 bits per heavy atom. The van der Waals surface area contributed by atoms with Gasteiger partial charge in [-0.2, -0.15) is 0 Å². The van der Waals surface area contributed by atoms with Crippen molar-refractivity contribution in [2.24, 2.45) is 0 Å². The second-order valence-corrected chi connectivity index (χ2v) is 7.59. The monoisotopic (exact) mass is 446 g/mol. The summed E-state index contributed by atoms with van der Waals surface area (Å²) in [6, 6.07) is 29.0. The maximum atomic E-state index is 15.5. The Balaban J connectivity index is 0.00000160. The van der Waals surface area contributed by atoms with Gasteiger partial charge in [0.25, 0.3) is 0 Å². The number of benzene rings is 3. The summed E-state index contributed by atoms with van der Waals surface area (Å²) in [6.45, 7) is 3.05. The van der Waals surface area contributed by atoms with Crippen LogP contribution in [0.1, 0.15) is 29.5 Å². The molecule has 1 fully saturated rings. The maximum Gasteiger partial charge on any atom is 0.138 e. The third-order valence-electron chi connectivity index (χ3n) is 5.56. The van der Waals surface area contributed by atoms with E-state index >= 15 is 4.39 Å². The number of piperidine rings is 1. The molecule has 0 amide bonds. The predicted molar refractivity (Wildman–Crippen MR) is 129 cm³/mol. The Kier molecular flexibility index (Phi) is 9.16. The van der Waals surface area contributed by atoms with E-state index < -0.39 is 5.67 Å². The second-order valence-electron chi connectivity index (χ2n) is 7.59. The molecule has 0 spiro atoms. The van der Waals surface area contributed by atoms with E-state index in [2.05, 4.69) is 70.9 Å². The van der Waals surface area contributed by atoms with Gasteiger partial charge in [-0.15, -0.1) is 24.8 Å². The summed E-state index contributed by atoms with van der Waals surface area (Å²) < 4.78 is 15.5. The summed E-state index contributed by atoms with van der Waals surface area (Å²) in [4.78, 5) is 2.33. The quantitative estimate of drug-likeness (QED) is 0.478. The molecule has 30 heavy (non-hydrogen) atoms. The molecule has 0 bridgehead atoms. The van der Waals surface area contributed by atoms with Crippen LogP contribution in [-0.4, -0.2) is 13.1 Å². The predicted octanol–water partition coefficient (Wildman–Crippen LogP) is 6.29. The van der Waals surface area contributed by atoms with Crippen molar-refractivity contribution >= 4 is 30.5 Å². The first-order chi connectivity index (χ1) is 13.7. The molecule has 0 aliphatic carbocycles. The number of anilines is 1. The fraction of sp³-hybridized carbons (Fsp3) is 0.280. The standard InChI is InChI=1S/C25H27FN2.2ClH/c26-25(14-16-27-17-15-25)23-12-7-13-24(18-23)28(19-21-8-3-1-4-9-21)20-22-10-5-2-6-11-22;;/h1-13,18,27H,14-17,19-20H2;2*1H. The van der Waals surface area contributed by atoms with Gasteiger partial charge in [0, 0.05) is 18.8 Å². The van der Waals surface area contributed by atoms with Crippen LogP contribution in [0.25, 0.3) is 0 Å². The van der Waals surface area contributed by atoms with Gasteiger partial charge in [0.1, 0.15) is 5.67 Å². The van der Waals surface area contributed by atoms with Crippen molar-refractivity contribution in [1.82, 2.24) is 5.32 Å². The van der Waals surface area contributed by atoms with Gasteiger partial charge in [-0.05, 0) is 54.8 Å². The van der Waals surface area contributed by atoms with Crippen LogP contribution in [-0.2, 0) is 18.8 Å². The van der Waals surface area contributed by atoms with E-state index in [1.165, 1.54) is 11.1 Å². The molecule has 1 N–H and O–H groups in total. The highest BCUT2D eigenvalue weighted by molar-refractivity contribution is 5.85. The van der Waals surface area contributed by atoms with E-state index in [0.29, 0.717) is 12.8 Å². The Morgan fingerprint density at radius 2 is 1.27 bits per heavy atom. The van der Waals surface area contributed by atoms with Gasteiger partial charge >= 0.3 is 0 Å². The largest absolute Gasteiger partial charge is 0.363 e. The molecule has 1 saturated heterocycles. The molecule has 0 radical (unpaired) electrons. The third-order valence-corrected chi connectivity index (χ3v) is 5.56. The zero-order valence-corrected chi connectivity index (χ0v) is 18.6. The summed E-state index contributed by atoms with van der Waals surface area (Å²) in [6.07, 6.45) is 1.07. The van der Waals surface area contributed by atoms with Crippen molar-refractivity contribution in [3.05, 3.63) is 102 Å². The average molecular weight is 447 g/mol. The van der Waals surface area contributed by atoms with E-state index in [-0.39, 0.29) is 24.8 Å². The summed E-state index contributed by atoms with van der Waals surface area (Å²) in [5, 5.41) is 3.26. The normalized spacial score (nSPS) is 14.8. The molecule has 1 aliphatic rings. The number of halogens is 3. The minimum absolute atomic E-state index is 0. The average Bonchev–Trinajstić information content (AvgIpc) is 2.75. The highest BCUT2D eigenvalue weighted by Gasteiger charge is 2.33. The van der Waals surface area contributed by atoms with Crippen LogP contribution >= 0.6 is 24.8 Å². The van der Waals surface area contributed by atoms with E-state index in [0.717, 1.165) is 37.4 Å². The zero-order valence-electron chi connectivity index (χ0n) is 17.0. The van der Waals surface area contributed by atoms with Crippen LogP contribution in [0, 0.1) is 0 Å². The molecule has 2 nitrogen and oxygen atoms in total. The summed E-state index contributed by atoms with van der Waals surface area (Å²) in [5.41, 5.74) is 3.14. The van der Waals surface area contributed by atoms with Gasteiger partial charge in [0.05, 0.1) is 0 Å². The summed E-state index contributed by atoms with van der Waals surface area (Å²) in [7, 11) is 0. The molecule has 3 aromatic carbocycles. The molecule has 0 atom stereocenters. The van der Waals surface area contributed by atoms with Crippen LogP contribution in [0.15, 0.2) is 84.9 Å². The van der Waals surface area contributed by atoms with Gasteiger partial charge in [0.15, 0.2) is 0 Å². The third kappa shape index (κ3) is 5.98. The first-order valence-electron chi connectivity index (χ1n) is 10.1. The van der Waals surface area contributed by atoms with Crippen molar-refractivity contribution in [2.75, 3.05) is 18.0 Å². The Bertz CT molecular complexity index is 842. The number of alkyl halides is 1. The Labute approximate surface area is 191 Å². The first kappa shape index (κ1) is 24.2. The minimum atomic E-state index is -1.23. The van der Waals surface area contributed by atoms with E-state index in [4.69, 9.17) is 0 Å². The van der Waals surface area contributed by atoms with Crippen LogP contribution in [0.4, 0.5) is 10.1 Å². The molecule has 4 rings (SSSR count). The first-order valence-corrected chi connectivity index (χ1v) is 10.1. The lowest BCUT2D eigenvalue weighted by atomic mass is 9.86. The minimum Gasteiger partial charge on any atom is -0.363 e. The van der Waals surface area contributed by atoms with Crippen LogP contribution in [0.3, 0.4) is 0 Å². The van der Waals surface area contributed by atoms with Crippen LogP contribution in [0.2, 0.25) is 0 Å². The maximum absolute atomic E-state index is 15.5. The fourth-order valence-electron chi connectivity index (χ4n) is 3.94. The van der Waals surface area contributed by atoms with E-state index in [1.54, 1.807) is 0 Å². The Morgan fingerprint density at radius 1 is 0.733 bits per heavy atom. The molecule has 0 unspecified atom stereocenters. The lowest BCUT2D eigenvalue weighted by Gasteiger charge is -2.32. The van der Waals surface area contributed by atoms with Crippen LogP contribution in [0.5, 0.6) is 0 Å². The number of hydrogen-bond acceptors (Lipinski definition) is 2. The topological polar surface area (TPSA) is 15.3 Å². The molecular weight excluding hydrogens is 418 g/mol. The molecule has 1 heterocycles. The molecule has 0 aromatic heterocycles. The fourth-order valence-corrected chi connectivity index (χ4v) is 3.94. The Hall–Kier alpha value is -2.07. The van der Waals surface area contributed by atoms with Gasteiger partial charge in [-0.25, -0.2) is 4.39 Å². The summed E-state index contributed by atoms with van der Waals surface area (Å²) >= 11 is 0. The van der Waals surface area contributed by atoms with Crippen molar-refractivity contribution < 1.29 is 4.39 Å². The van der Waals surface area contributed by atoms with Gasteiger partial charge in [-0.3, -0.25) is 0 Å². The molecular formula is C25H29Cl2FN2. The SMILES string of the molecule is Cl.Cl.FC1(c2cccc(N(Cc3ccccc3)Cc3ccccc3)c2)CCNCC1. The highest BCUT2D eigenvalue weighted by atomic mass is 35.5. The van der Waals surface area contributed by atoms with Gasteiger partial charge in [-0.1, -0.05) is 72.8 Å². The van der Waals surface area contributed by atoms with Crippen LogP contribution < -0.4 is 10.2 Å². The molecule has 3 aromatic rings. The van der Waals surface area contributed by atoms with Crippen molar-refractivity contribution in [2.45, 2.75) is 31.6 Å². The molecule has 1 aliphatic heterocycles. The smallest absolute Gasteiger partial charge is 0.138 e. The van der Waals surface area contributed by atoms with Crippen molar-refractivity contribution in [3.63, 3.8) is 0 Å². The van der Waals surface area contributed by atoms with Gasteiger partial charge in [0.2, 0.25) is 0 Å². The zero-order chi connectivity index (χ0) is 19.2.